The average molecular weight is 402 g/mol. The maximum atomic E-state index is 13.0. The number of nitrogens with zero attached hydrogens (tertiary/aromatic N) is 2. The van der Waals surface area contributed by atoms with Crippen LogP contribution >= 0.6 is 0 Å². The van der Waals surface area contributed by atoms with Gasteiger partial charge >= 0.3 is 0 Å². The van der Waals surface area contributed by atoms with Gasteiger partial charge in [-0.25, -0.2) is 0 Å². The molecule has 1 unspecified atom stereocenters. The topological polar surface area (TPSA) is 61.9 Å². The van der Waals surface area contributed by atoms with Crippen molar-refractivity contribution in [3.8, 4) is 5.75 Å². The summed E-state index contributed by atoms with van der Waals surface area (Å²) in [6, 6.07) is 3.96. The van der Waals surface area contributed by atoms with Gasteiger partial charge in [0.1, 0.15) is 5.75 Å². The van der Waals surface area contributed by atoms with E-state index in [9.17, 15) is 9.59 Å². The molecular weight excluding hydrogens is 366 g/mol. The Hall–Kier alpha value is -2.08. The van der Waals surface area contributed by atoms with Crippen molar-refractivity contribution in [2.45, 2.75) is 71.0 Å². The first-order chi connectivity index (χ1) is 13.9. The zero-order valence-corrected chi connectivity index (χ0v) is 18.3. The number of carbonyl (C=O) groups excluding carboxylic acids is 2. The standard InChI is InChI=1S/C23H35N3O3/c1-16-17(2)21(29-4)11-10-18(16)15-26-13-12-24-23(28)20(26)14-22(27)25(3)19-8-6-5-7-9-19/h10-11,19-20H,5-9,12-15H2,1-4H3,(H,24,28). The van der Waals surface area contributed by atoms with Gasteiger partial charge in [0.2, 0.25) is 11.8 Å². The molecule has 2 aliphatic rings. The maximum Gasteiger partial charge on any atom is 0.237 e. The van der Waals surface area contributed by atoms with Crippen molar-refractivity contribution in [1.29, 1.82) is 0 Å². The SMILES string of the molecule is COc1ccc(CN2CCNC(=O)C2CC(=O)N(C)C2CCCCC2)c(C)c1C. The molecule has 1 aromatic rings. The molecule has 0 bridgehead atoms. The molecular formula is C23H35N3O3. The number of rotatable bonds is 6. The number of nitrogens with one attached hydrogen (secondary N) is 1. The van der Waals surface area contributed by atoms with Gasteiger partial charge in [-0.15, -0.1) is 0 Å². The third-order valence-electron chi connectivity index (χ3n) is 6.77. The Morgan fingerprint density at radius 3 is 2.62 bits per heavy atom. The molecule has 1 aliphatic carbocycles. The van der Waals surface area contributed by atoms with Gasteiger partial charge in [0.05, 0.1) is 19.6 Å². The van der Waals surface area contributed by atoms with Crippen molar-refractivity contribution in [3.63, 3.8) is 0 Å². The largest absolute Gasteiger partial charge is 0.496 e. The summed E-state index contributed by atoms with van der Waals surface area (Å²) < 4.78 is 5.42. The molecule has 0 spiro atoms. The van der Waals surface area contributed by atoms with Gasteiger partial charge in [-0.3, -0.25) is 14.5 Å². The lowest BCUT2D eigenvalue weighted by molar-refractivity contribution is -0.140. The lowest BCUT2D eigenvalue weighted by atomic mass is 9.94. The molecule has 29 heavy (non-hydrogen) atoms. The van der Waals surface area contributed by atoms with E-state index in [1.165, 1.54) is 30.4 Å². The summed E-state index contributed by atoms with van der Waals surface area (Å²) in [4.78, 5) is 29.6. The second-order valence-corrected chi connectivity index (χ2v) is 8.45. The normalized spacial score (nSPS) is 21.0. The maximum absolute atomic E-state index is 13.0. The highest BCUT2D eigenvalue weighted by atomic mass is 16.5. The van der Waals surface area contributed by atoms with E-state index in [4.69, 9.17) is 4.74 Å². The zero-order valence-electron chi connectivity index (χ0n) is 18.3. The van der Waals surface area contributed by atoms with E-state index in [1.54, 1.807) is 7.11 Å². The Kier molecular flexibility index (Phi) is 7.17. The van der Waals surface area contributed by atoms with Crippen LogP contribution < -0.4 is 10.1 Å². The van der Waals surface area contributed by atoms with Crippen LogP contribution in [-0.4, -0.2) is 60.9 Å². The first-order valence-electron chi connectivity index (χ1n) is 10.8. The van der Waals surface area contributed by atoms with E-state index >= 15 is 0 Å². The predicted octanol–water partition coefficient (Wildman–Crippen LogP) is 2.79. The first-order valence-corrected chi connectivity index (χ1v) is 10.8. The summed E-state index contributed by atoms with van der Waals surface area (Å²) in [6.07, 6.45) is 6.04. The van der Waals surface area contributed by atoms with Crippen LogP contribution in [0.2, 0.25) is 0 Å². The molecule has 1 atom stereocenters. The molecule has 0 radical (unpaired) electrons. The van der Waals surface area contributed by atoms with E-state index in [-0.39, 0.29) is 18.2 Å². The average Bonchev–Trinajstić information content (AvgIpc) is 2.74. The minimum Gasteiger partial charge on any atom is -0.496 e. The summed E-state index contributed by atoms with van der Waals surface area (Å²) in [5.41, 5.74) is 3.48. The molecule has 1 N–H and O–H groups in total. The summed E-state index contributed by atoms with van der Waals surface area (Å²) in [7, 11) is 3.58. The minimum absolute atomic E-state index is 0.0375. The molecule has 1 saturated heterocycles. The first kappa shape index (κ1) is 21.6. The van der Waals surface area contributed by atoms with Crippen LogP contribution in [0.15, 0.2) is 12.1 Å². The number of hydrogen-bond acceptors (Lipinski definition) is 4. The molecule has 1 aliphatic heterocycles. The number of ether oxygens (including phenoxy) is 1. The van der Waals surface area contributed by atoms with Crippen molar-refractivity contribution < 1.29 is 14.3 Å². The number of hydrogen-bond donors (Lipinski definition) is 1. The molecule has 160 valence electrons. The quantitative estimate of drug-likeness (QED) is 0.796. The molecule has 0 aromatic heterocycles. The summed E-state index contributed by atoms with van der Waals surface area (Å²) in [6.45, 7) is 6.18. The van der Waals surface area contributed by atoms with Crippen LogP contribution in [0.5, 0.6) is 5.75 Å². The van der Waals surface area contributed by atoms with Crippen LogP contribution in [0, 0.1) is 13.8 Å². The van der Waals surface area contributed by atoms with E-state index in [1.807, 2.05) is 18.0 Å². The van der Waals surface area contributed by atoms with E-state index in [0.717, 1.165) is 30.7 Å². The fourth-order valence-corrected chi connectivity index (χ4v) is 4.62. The number of carbonyl (C=O) groups is 2. The van der Waals surface area contributed by atoms with Crippen LogP contribution in [0.25, 0.3) is 0 Å². The fourth-order valence-electron chi connectivity index (χ4n) is 4.62. The van der Waals surface area contributed by atoms with Crippen molar-refractivity contribution in [2.75, 3.05) is 27.2 Å². The van der Waals surface area contributed by atoms with Gasteiger partial charge in [0.25, 0.3) is 0 Å². The smallest absolute Gasteiger partial charge is 0.237 e. The number of amides is 2. The van der Waals surface area contributed by atoms with Crippen LogP contribution in [-0.2, 0) is 16.1 Å². The Bertz CT molecular complexity index is 743. The Morgan fingerprint density at radius 1 is 1.21 bits per heavy atom. The van der Waals surface area contributed by atoms with E-state index < -0.39 is 6.04 Å². The Balaban J connectivity index is 1.71. The molecule has 1 heterocycles. The van der Waals surface area contributed by atoms with Crippen molar-refractivity contribution in [1.82, 2.24) is 15.1 Å². The highest BCUT2D eigenvalue weighted by Crippen LogP contribution is 2.27. The molecule has 6 nitrogen and oxygen atoms in total. The lowest BCUT2D eigenvalue weighted by Gasteiger charge is -2.37. The van der Waals surface area contributed by atoms with Crippen molar-refractivity contribution in [2.24, 2.45) is 0 Å². The van der Waals surface area contributed by atoms with Gasteiger partial charge in [-0.05, 0) is 49.4 Å². The van der Waals surface area contributed by atoms with Gasteiger partial charge in [0.15, 0.2) is 0 Å². The second-order valence-electron chi connectivity index (χ2n) is 8.45. The van der Waals surface area contributed by atoms with Gasteiger partial charge in [-0.2, -0.15) is 0 Å². The van der Waals surface area contributed by atoms with E-state index in [2.05, 4.69) is 30.1 Å². The molecule has 2 fully saturated rings. The van der Waals surface area contributed by atoms with Crippen molar-refractivity contribution in [3.05, 3.63) is 28.8 Å². The number of piperazine rings is 1. The third kappa shape index (κ3) is 4.92. The van der Waals surface area contributed by atoms with Crippen LogP contribution in [0.4, 0.5) is 0 Å². The van der Waals surface area contributed by atoms with E-state index in [0.29, 0.717) is 19.1 Å². The van der Waals surface area contributed by atoms with Crippen molar-refractivity contribution >= 4 is 11.8 Å². The highest BCUT2D eigenvalue weighted by Gasteiger charge is 2.34. The third-order valence-corrected chi connectivity index (χ3v) is 6.77. The molecule has 1 saturated carbocycles. The Labute approximate surface area is 174 Å². The van der Waals surface area contributed by atoms with Gasteiger partial charge in [-0.1, -0.05) is 25.3 Å². The summed E-state index contributed by atoms with van der Waals surface area (Å²) in [5, 5.41) is 2.94. The molecule has 1 aromatic carbocycles. The van der Waals surface area contributed by atoms with Crippen LogP contribution in [0.1, 0.15) is 55.2 Å². The zero-order chi connectivity index (χ0) is 21.0. The second kappa shape index (κ2) is 9.61. The highest BCUT2D eigenvalue weighted by molar-refractivity contribution is 5.88. The Morgan fingerprint density at radius 2 is 1.93 bits per heavy atom. The molecule has 6 heteroatoms. The van der Waals surface area contributed by atoms with Gasteiger partial charge in [0, 0.05) is 32.7 Å². The number of methoxy groups -OCH3 is 1. The lowest BCUT2D eigenvalue weighted by Crippen LogP contribution is -2.56. The van der Waals surface area contributed by atoms with Gasteiger partial charge < -0.3 is 15.0 Å². The van der Waals surface area contributed by atoms with Crippen LogP contribution in [0.3, 0.4) is 0 Å². The molecule has 3 rings (SSSR count). The number of benzene rings is 1. The minimum atomic E-state index is -0.413. The molecule has 2 amide bonds. The summed E-state index contributed by atoms with van der Waals surface area (Å²) in [5.74, 6) is 0.916. The monoisotopic (exact) mass is 401 g/mol. The summed E-state index contributed by atoms with van der Waals surface area (Å²) >= 11 is 0. The predicted molar refractivity (Wildman–Crippen MR) is 114 cm³/mol. The fraction of sp³-hybridized carbons (Fsp3) is 0.652.